The molecule has 0 aromatic rings. The lowest BCUT2D eigenvalue weighted by Crippen LogP contribution is -2.42. The number of nitrogens with two attached hydrogens (primary N) is 1. The number of rotatable bonds is 4. The zero-order chi connectivity index (χ0) is 13.9. The van der Waals surface area contributed by atoms with Crippen LogP contribution >= 0.6 is 0 Å². The highest BCUT2D eigenvalue weighted by Gasteiger charge is 2.29. The molecule has 1 fully saturated rings. The third-order valence-corrected chi connectivity index (χ3v) is 3.47. The minimum Gasteiger partial charge on any atom is -0.341 e. The van der Waals surface area contributed by atoms with Crippen molar-refractivity contribution in [3.63, 3.8) is 0 Å². The van der Waals surface area contributed by atoms with Crippen molar-refractivity contribution in [2.45, 2.75) is 46.2 Å². The van der Waals surface area contributed by atoms with Crippen molar-refractivity contribution in [2.24, 2.45) is 11.7 Å². The van der Waals surface area contributed by atoms with Crippen LogP contribution in [0.1, 0.15) is 34.1 Å². The molecule has 0 aromatic heterocycles. The second-order valence-electron chi connectivity index (χ2n) is 5.49. The molecule has 0 spiro atoms. The maximum absolute atomic E-state index is 11.8. The number of amides is 2. The second-order valence-corrected chi connectivity index (χ2v) is 5.49. The Kier molecular flexibility index (Phi) is 5.14. The molecule has 0 aliphatic carbocycles. The van der Waals surface area contributed by atoms with Crippen molar-refractivity contribution >= 4 is 11.8 Å². The molecule has 0 bridgehead atoms. The molecule has 2 amide bonds. The Balaban J connectivity index is 2.52. The molecule has 2 atom stereocenters. The molecule has 1 heterocycles. The average molecular weight is 255 g/mol. The van der Waals surface area contributed by atoms with Crippen molar-refractivity contribution in [2.75, 3.05) is 19.6 Å². The van der Waals surface area contributed by atoms with Gasteiger partial charge in [0, 0.05) is 32.6 Å². The summed E-state index contributed by atoms with van der Waals surface area (Å²) in [7, 11) is 0. The van der Waals surface area contributed by atoms with Gasteiger partial charge in [-0.3, -0.25) is 9.59 Å². The van der Waals surface area contributed by atoms with Crippen molar-refractivity contribution in [3.8, 4) is 0 Å². The third kappa shape index (κ3) is 3.70. The summed E-state index contributed by atoms with van der Waals surface area (Å²) in [6.45, 7) is 9.55. The van der Waals surface area contributed by atoms with E-state index >= 15 is 0 Å². The van der Waals surface area contributed by atoms with Crippen LogP contribution in [-0.2, 0) is 9.59 Å². The van der Waals surface area contributed by atoms with Crippen molar-refractivity contribution in [3.05, 3.63) is 0 Å². The van der Waals surface area contributed by atoms with Gasteiger partial charge in [-0.15, -0.1) is 0 Å². The van der Waals surface area contributed by atoms with E-state index in [4.69, 9.17) is 5.73 Å². The van der Waals surface area contributed by atoms with Crippen LogP contribution in [-0.4, -0.2) is 53.3 Å². The Hall–Kier alpha value is -1.10. The fourth-order valence-corrected chi connectivity index (χ4v) is 2.45. The van der Waals surface area contributed by atoms with Crippen LogP contribution in [0.3, 0.4) is 0 Å². The molecule has 1 unspecified atom stereocenters. The lowest BCUT2D eigenvalue weighted by atomic mass is 10.1. The van der Waals surface area contributed by atoms with Gasteiger partial charge >= 0.3 is 0 Å². The molecular formula is C13H25N3O2. The zero-order valence-electron chi connectivity index (χ0n) is 11.8. The Labute approximate surface area is 109 Å². The van der Waals surface area contributed by atoms with Crippen LogP contribution < -0.4 is 5.73 Å². The first-order chi connectivity index (χ1) is 8.32. The van der Waals surface area contributed by atoms with E-state index in [0.29, 0.717) is 5.92 Å². The molecule has 0 aromatic carbocycles. The normalized spacial score (nSPS) is 21.2. The van der Waals surface area contributed by atoms with Crippen LogP contribution in [0.2, 0.25) is 0 Å². The summed E-state index contributed by atoms with van der Waals surface area (Å²) in [6, 6.07) is -0.224. The van der Waals surface area contributed by atoms with E-state index in [2.05, 4.69) is 0 Å². The van der Waals surface area contributed by atoms with E-state index in [1.165, 1.54) is 0 Å². The molecule has 5 heteroatoms. The molecule has 0 radical (unpaired) electrons. The van der Waals surface area contributed by atoms with Gasteiger partial charge in [-0.2, -0.15) is 0 Å². The second kappa shape index (κ2) is 6.18. The Bertz CT molecular complexity index is 315. The van der Waals surface area contributed by atoms with Crippen LogP contribution in [0.25, 0.3) is 0 Å². The van der Waals surface area contributed by atoms with Gasteiger partial charge in [-0.25, -0.2) is 0 Å². The van der Waals surface area contributed by atoms with Crippen LogP contribution in [0, 0.1) is 5.92 Å². The molecule has 2 N–H and O–H groups in total. The lowest BCUT2D eigenvalue weighted by molar-refractivity contribution is -0.131. The van der Waals surface area contributed by atoms with Crippen molar-refractivity contribution < 1.29 is 9.59 Å². The van der Waals surface area contributed by atoms with Gasteiger partial charge in [-0.1, -0.05) is 0 Å². The molecule has 1 saturated heterocycles. The smallest absolute Gasteiger partial charge is 0.239 e. The Morgan fingerprint density at radius 1 is 1.39 bits per heavy atom. The number of likely N-dealkylation sites (tertiary alicyclic amines) is 1. The Morgan fingerprint density at radius 3 is 2.44 bits per heavy atom. The molecule has 1 aliphatic heterocycles. The molecule has 0 saturated carbocycles. The molecule has 104 valence electrons. The van der Waals surface area contributed by atoms with Gasteiger partial charge in [0.05, 0.1) is 6.04 Å². The minimum atomic E-state index is -0.433. The molecule has 1 rings (SSSR count). The summed E-state index contributed by atoms with van der Waals surface area (Å²) >= 11 is 0. The van der Waals surface area contributed by atoms with Crippen LogP contribution in [0.4, 0.5) is 0 Å². The topological polar surface area (TPSA) is 66.6 Å². The van der Waals surface area contributed by atoms with Crippen LogP contribution in [0.15, 0.2) is 0 Å². The average Bonchev–Trinajstić information content (AvgIpc) is 2.72. The number of carbonyl (C=O) groups excluding carboxylic acids is 2. The number of carbonyl (C=O) groups is 2. The van der Waals surface area contributed by atoms with E-state index in [1.807, 2.05) is 23.6 Å². The first-order valence-corrected chi connectivity index (χ1v) is 6.64. The minimum absolute atomic E-state index is 0.0106. The summed E-state index contributed by atoms with van der Waals surface area (Å²) in [5, 5.41) is 0. The summed E-state index contributed by atoms with van der Waals surface area (Å²) < 4.78 is 0. The van der Waals surface area contributed by atoms with Gasteiger partial charge in [0.25, 0.3) is 0 Å². The summed E-state index contributed by atoms with van der Waals surface area (Å²) in [5.74, 6) is 0.484. The summed E-state index contributed by atoms with van der Waals surface area (Å²) in [4.78, 5) is 27.0. The predicted molar refractivity (Wildman–Crippen MR) is 70.9 cm³/mol. The monoisotopic (exact) mass is 255 g/mol. The number of hydrogen-bond donors (Lipinski definition) is 1. The summed E-state index contributed by atoms with van der Waals surface area (Å²) in [6.07, 6.45) is 0.953. The molecule has 1 aliphatic rings. The van der Waals surface area contributed by atoms with E-state index < -0.39 is 6.04 Å². The van der Waals surface area contributed by atoms with Crippen molar-refractivity contribution in [1.29, 1.82) is 0 Å². The zero-order valence-corrected chi connectivity index (χ0v) is 11.8. The maximum atomic E-state index is 11.8. The maximum Gasteiger partial charge on any atom is 0.239 e. The van der Waals surface area contributed by atoms with Gasteiger partial charge in [0.15, 0.2) is 0 Å². The van der Waals surface area contributed by atoms with E-state index in [-0.39, 0.29) is 17.9 Å². The van der Waals surface area contributed by atoms with E-state index in [0.717, 1.165) is 26.1 Å². The van der Waals surface area contributed by atoms with Gasteiger partial charge in [0.2, 0.25) is 11.8 Å². The molecule has 18 heavy (non-hydrogen) atoms. The van der Waals surface area contributed by atoms with Gasteiger partial charge < -0.3 is 15.5 Å². The SMILES string of the molecule is CC(=O)N(CC1CCN(C(=O)[C@H](C)N)C1)C(C)C. The van der Waals surface area contributed by atoms with E-state index in [9.17, 15) is 9.59 Å². The largest absolute Gasteiger partial charge is 0.341 e. The Morgan fingerprint density at radius 2 is 2.00 bits per heavy atom. The highest BCUT2D eigenvalue weighted by Crippen LogP contribution is 2.19. The highest BCUT2D eigenvalue weighted by atomic mass is 16.2. The lowest BCUT2D eigenvalue weighted by Gasteiger charge is -2.28. The number of hydrogen-bond acceptors (Lipinski definition) is 3. The standard InChI is InChI=1S/C13H25N3O2/c1-9(2)16(11(4)17)8-12-5-6-15(7-12)13(18)10(3)14/h9-10,12H,5-8,14H2,1-4H3/t10-,12?/m0/s1. The van der Waals surface area contributed by atoms with Crippen molar-refractivity contribution in [1.82, 2.24) is 9.80 Å². The van der Waals surface area contributed by atoms with Gasteiger partial charge in [-0.05, 0) is 33.1 Å². The molecular weight excluding hydrogens is 230 g/mol. The first-order valence-electron chi connectivity index (χ1n) is 6.64. The summed E-state index contributed by atoms with van der Waals surface area (Å²) in [5.41, 5.74) is 5.60. The quantitative estimate of drug-likeness (QED) is 0.792. The third-order valence-electron chi connectivity index (χ3n) is 3.47. The predicted octanol–water partition coefficient (Wildman–Crippen LogP) is 0.439. The van der Waals surface area contributed by atoms with Crippen LogP contribution in [0.5, 0.6) is 0 Å². The number of nitrogens with zero attached hydrogens (tertiary/aromatic N) is 2. The highest BCUT2D eigenvalue weighted by molar-refractivity contribution is 5.81. The fraction of sp³-hybridized carbons (Fsp3) is 0.846. The first kappa shape index (κ1) is 15.0. The van der Waals surface area contributed by atoms with E-state index in [1.54, 1.807) is 13.8 Å². The molecule has 5 nitrogen and oxygen atoms in total. The van der Waals surface area contributed by atoms with Gasteiger partial charge in [0.1, 0.15) is 0 Å². The fourth-order valence-electron chi connectivity index (χ4n) is 2.45.